The molecule has 2 saturated heterocycles. The van der Waals surface area contributed by atoms with Gasteiger partial charge in [0.1, 0.15) is 12.2 Å². The molecule has 348 valence electrons. The van der Waals surface area contributed by atoms with Gasteiger partial charge in [0.2, 0.25) is 5.76 Å². The van der Waals surface area contributed by atoms with Crippen LogP contribution in [-0.4, -0.2) is 125 Å². The molecule has 0 aromatic rings. The number of nitrogens with two attached hydrogens (primary N) is 1. The fraction of sp³-hybridized carbons (Fsp3) is 0.739. The van der Waals surface area contributed by atoms with Crippen molar-refractivity contribution in [1.82, 2.24) is 0 Å². The predicted octanol–water partition coefficient (Wildman–Crippen LogP) is 4.98. The SMILES string of the molecule is C/C=C/[C@@H]1O[C@](O)([C@H](C)[C@H](O)[C@H](C)[C@@H]2OC(=O)/C(OC)=C/C(C)=C/[C@H](C)[C@H](O)[C@H](CC)[C@H](O)[C@@H](C)C/C(C)=C/C=C/[C@H]2OC)C[C@@H](O[C@H]2C[C@@H](O)[C@H](OC(N)=O)[C@@H](C)O2)[C@@H]1C. The molecular weight excluding hydrogens is 790 g/mol. The molecule has 0 aromatic heterocycles. The van der Waals surface area contributed by atoms with Crippen LogP contribution in [0, 0.1) is 35.5 Å². The van der Waals surface area contributed by atoms with Crippen LogP contribution in [0.3, 0.4) is 0 Å². The number of aliphatic hydroxyl groups excluding tert-OH is 4. The lowest BCUT2D eigenvalue weighted by atomic mass is 9.77. The van der Waals surface area contributed by atoms with E-state index in [1.54, 1.807) is 52.0 Å². The molecule has 0 spiro atoms. The summed E-state index contributed by atoms with van der Waals surface area (Å²) in [5.74, 6) is -6.00. The number of carbonyl (C=O) groups is 2. The fourth-order valence-corrected chi connectivity index (χ4v) is 8.94. The molecule has 3 aliphatic heterocycles. The van der Waals surface area contributed by atoms with Crippen molar-refractivity contribution in [3.05, 3.63) is 59.4 Å². The Kier molecular flexibility index (Phi) is 20.1. The highest BCUT2D eigenvalue weighted by Crippen LogP contribution is 2.42. The lowest BCUT2D eigenvalue weighted by Gasteiger charge is -2.49. The molecule has 61 heavy (non-hydrogen) atoms. The maximum Gasteiger partial charge on any atom is 0.404 e. The van der Waals surface area contributed by atoms with Crippen LogP contribution in [0.4, 0.5) is 4.79 Å². The number of methoxy groups -OCH3 is 2. The number of rotatable bonds is 11. The Bertz CT molecular complexity index is 1570. The predicted molar refractivity (Wildman–Crippen MR) is 228 cm³/mol. The topological polar surface area (TPSA) is 226 Å². The Morgan fingerprint density at radius 2 is 1.77 bits per heavy atom. The third-order valence-electron chi connectivity index (χ3n) is 12.8. The number of aliphatic hydroxyl groups is 5. The zero-order valence-electron chi connectivity index (χ0n) is 38.2. The summed E-state index contributed by atoms with van der Waals surface area (Å²) in [6.07, 6.45) is 2.20. The van der Waals surface area contributed by atoms with Crippen LogP contribution in [0.25, 0.3) is 0 Å². The minimum Gasteiger partial charge on any atom is -0.490 e. The first-order valence-corrected chi connectivity index (χ1v) is 21.7. The van der Waals surface area contributed by atoms with Crippen LogP contribution >= 0.6 is 0 Å². The van der Waals surface area contributed by atoms with E-state index in [9.17, 15) is 35.1 Å². The van der Waals surface area contributed by atoms with Crippen molar-refractivity contribution in [3.63, 3.8) is 0 Å². The van der Waals surface area contributed by atoms with Crippen LogP contribution in [0.1, 0.15) is 94.9 Å². The van der Waals surface area contributed by atoms with Crippen molar-refractivity contribution < 1.29 is 68.3 Å². The molecule has 0 unspecified atom stereocenters. The smallest absolute Gasteiger partial charge is 0.404 e. The molecule has 0 aliphatic carbocycles. The van der Waals surface area contributed by atoms with E-state index in [0.717, 1.165) is 5.57 Å². The summed E-state index contributed by atoms with van der Waals surface area (Å²) in [5, 5.41) is 58.0. The van der Waals surface area contributed by atoms with Gasteiger partial charge >= 0.3 is 12.1 Å². The van der Waals surface area contributed by atoms with Gasteiger partial charge in [0.15, 0.2) is 18.2 Å². The van der Waals surface area contributed by atoms with E-state index in [-0.39, 0.29) is 42.3 Å². The van der Waals surface area contributed by atoms with Crippen molar-refractivity contribution in [3.8, 4) is 0 Å². The molecule has 3 rings (SSSR count). The number of hydrogen-bond acceptors (Lipinski definition) is 14. The summed E-state index contributed by atoms with van der Waals surface area (Å²) in [7, 11) is 2.81. The highest BCUT2D eigenvalue weighted by Gasteiger charge is 2.52. The minimum absolute atomic E-state index is 0.0313. The molecule has 3 heterocycles. The van der Waals surface area contributed by atoms with Crippen LogP contribution in [0.2, 0.25) is 0 Å². The number of hydrogen-bond donors (Lipinski definition) is 6. The largest absolute Gasteiger partial charge is 0.490 e. The minimum atomic E-state index is -1.97. The van der Waals surface area contributed by atoms with E-state index < -0.39 is 97.0 Å². The zero-order valence-corrected chi connectivity index (χ0v) is 38.2. The number of esters is 1. The molecule has 15 heteroatoms. The third-order valence-corrected chi connectivity index (χ3v) is 12.8. The molecule has 1 amide bonds. The Morgan fingerprint density at radius 3 is 2.34 bits per heavy atom. The Balaban J connectivity index is 2.00. The number of ether oxygens (including phenoxy) is 7. The van der Waals surface area contributed by atoms with Gasteiger partial charge in [0.25, 0.3) is 0 Å². The van der Waals surface area contributed by atoms with Gasteiger partial charge in [-0.3, -0.25) is 0 Å². The maximum atomic E-state index is 13.9. The van der Waals surface area contributed by atoms with Gasteiger partial charge in [-0.2, -0.15) is 0 Å². The highest BCUT2D eigenvalue weighted by molar-refractivity contribution is 5.87. The Labute approximate surface area is 362 Å². The second-order valence-electron chi connectivity index (χ2n) is 17.5. The van der Waals surface area contributed by atoms with Crippen molar-refractivity contribution >= 4 is 12.1 Å². The summed E-state index contributed by atoms with van der Waals surface area (Å²) in [5.41, 5.74) is 6.78. The molecule has 18 atom stereocenters. The van der Waals surface area contributed by atoms with E-state index in [0.29, 0.717) is 18.4 Å². The average molecular weight is 866 g/mol. The lowest BCUT2D eigenvalue weighted by Crippen LogP contribution is -2.59. The fourth-order valence-electron chi connectivity index (χ4n) is 8.94. The summed E-state index contributed by atoms with van der Waals surface area (Å²) in [6.45, 7) is 18.2. The number of allylic oxidation sites excluding steroid dienone is 6. The first kappa shape index (κ1) is 52.2. The van der Waals surface area contributed by atoms with Crippen molar-refractivity contribution in [1.29, 1.82) is 0 Å². The molecule has 0 radical (unpaired) electrons. The summed E-state index contributed by atoms with van der Waals surface area (Å²) in [4.78, 5) is 25.4. The van der Waals surface area contributed by atoms with E-state index >= 15 is 0 Å². The van der Waals surface area contributed by atoms with Gasteiger partial charge in [-0.05, 0) is 52.5 Å². The van der Waals surface area contributed by atoms with Crippen LogP contribution in [0.5, 0.6) is 0 Å². The number of carbonyl (C=O) groups excluding carboxylic acids is 2. The first-order chi connectivity index (χ1) is 28.6. The molecule has 0 aromatic carbocycles. The lowest BCUT2D eigenvalue weighted by molar-refractivity contribution is -0.338. The third kappa shape index (κ3) is 13.7. The first-order valence-electron chi connectivity index (χ1n) is 21.7. The zero-order chi connectivity index (χ0) is 45.9. The second-order valence-corrected chi connectivity index (χ2v) is 17.5. The van der Waals surface area contributed by atoms with E-state index in [2.05, 4.69) is 0 Å². The standard InChI is InChI=1S/C46H75NO14/c1-13-16-34-28(7)37(58-38-22-33(48)43(31(10)57-38)60-45(47)53)23-46(54,61-34)30(9)41(51)29(8)42-35(55-11)18-15-17-24(3)19-26(5)39(49)32(14-2)40(50)27(6)20-25(4)21-36(56-12)44(52)59-42/h13,15-18,20-21,26-35,37-43,48-51,54H,14,19,22-23H2,1-12H3,(H2,47,53)/b16-13+,18-15+,24-17+,25-20+,36-21-/t26-,27-,28+,29-,30+,31+,32+,33+,34-,35+,37+,38-,39+,40-,41+,42-,43+,46-/m0/s1. The molecule has 0 bridgehead atoms. The molecule has 15 nitrogen and oxygen atoms in total. The summed E-state index contributed by atoms with van der Waals surface area (Å²) >= 11 is 0. The molecule has 0 saturated carbocycles. The van der Waals surface area contributed by atoms with Crippen LogP contribution < -0.4 is 5.73 Å². The normalized spacial score (nSPS) is 42.2. The van der Waals surface area contributed by atoms with Crippen molar-refractivity contribution in [2.75, 3.05) is 14.2 Å². The monoisotopic (exact) mass is 866 g/mol. The van der Waals surface area contributed by atoms with Gasteiger partial charge < -0.3 is 64.4 Å². The average Bonchev–Trinajstić information content (AvgIpc) is 3.19. The molecule has 3 aliphatic rings. The molecule has 2 fully saturated rings. The van der Waals surface area contributed by atoms with Crippen molar-refractivity contribution in [2.45, 2.75) is 168 Å². The quantitative estimate of drug-likeness (QED) is 0.119. The van der Waals surface area contributed by atoms with Crippen LogP contribution in [-0.2, 0) is 38.0 Å². The van der Waals surface area contributed by atoms with E-state index in [1.807, 2.05) is 53.7 Å². The Hall–Kier alpha value is -3.12. The Morgan fingerprint density at radius 1 is 1.10 bits per heavy atom. The van der Waals surface area contributed by atoms with E-state index in [4.69, 9.17) is 38.9 Å². The van der Waals surface area contributed by atoms with E-state index in [1.165, 1.54) is 20.3 Å². The highest BCUT2D eigenvalue weighted by atomic mass is 16.7. The van der Waals surface area contributed by atoms with Gasteiger partial charge in [-0.1, -0.05) is 89.1 Å². The summed E-state index contributed by atoms with van der Waals surface area (Å²) in [6, 6.07) is 0. The maximum absolute atomic E-state index is 13.9. The van der Waals surface area contributed by atoms with Gasteiger partial charge in [0, 0.05) is 49.5 Å². The van der Waals surface area contributed by atoms with Gasteiger partial charge in [0.05, 0.1) is 49.8 Å². The van der Waals surface area contributed by atoms with Gasteiger partial charge in [-0.25, -0.2) is 9.59 Å². The summed E-state index contributed by atoms with van der Waals surface area (Å²) < 4.78 is 41.4. The molecule has 7 N–H and O–H groups in total. The number of primary amides is 1. The molecular formula is C46H75NO14. The number of amides is 1. The van der Waals surface area contributed by atoms with Gasteiger partial charge in [-0.15, -0.1) is 0 Å². The number of cyclic esters (lactones) is 1. The van der Waals surface area contributed by atoms with Crippen molar-refractivity contribution in [2.24, 2.45) is 41.2 Å². The van der Waals surface area contributed by atoms with Crippen LogP contribution in [0.15, 0.2) is 59.4 Å². The second kappa shape index (κ2) is 23.5.